The first kappa shape index (κ1) is 64.6. The molecule has 13 nitrogen and oxygen atoms in total. The number of alkyl halides is 13. The monoisotopic (exact) mass is 1060 g/mol. The van der Waals surface area contributed by atoms with Crippen molar-refractivity contribution in [3.8, 4) is 0 Å². The third kappa shape index (κ3) is 18.4. The molecule has 1 fully saturated rings. The molecule has 0 heterocycles. The SMILES string of the molecule is C=CC(=O)OCCCOC(=O)NC1CC(C)(C)CC(C)(CNC(=O)SCCC[Si](OC)(OC)OC)C1.CCO[Si](CCC(F)(F)C(F)(F)C(F)(F)C(F)(F)C(F)(F)C(F)(F)F)(OCC)OCC. The van der Waals surface area contributed by atoms with Gasteiger partial charge in [0.05, 0.1) is 13.2 Å². The van der Waals surface area contributed by atoms with E-state index in [4.69, 9.17) is 36.0 Å². The maximum atomic E-state index is 13.9. The van der Waals surface area contributed by atoms with Crippen LogP contribution >= 0.6 is 11.8 Å². The number of esters is 1. The van der Waals surface area contributed by atoms with Gasteiger partial charge in [-0.15, -0.1) is 0 Å². The van der Waals surface area contributed by atoms with Gasteiger partial charge in [0.15, 0.2) is 0 Å². The molecule has 0 bridgehead atoms. The van der Waals surface area contributed by atoms with E-state index >= 15 is 0 Å². The number of hydrogen-bond acceptors (Lipinski definition) is 12. The van der Waals surface area contributed by atoms with E-state index < -0.39 is 77.9 Å². The van der Waals surface area contributed by atoms with E-state index in [-0.39, 0.29) is 55.1 Å². The van der Waals surface area contributed by atoms with Crippen LogP contribution in [0.2, 0.25) is 12.1 Å². The summed E-state index contributed by atoms with van der Waals surface area (Å²) >= 11 is 1.24. The summed E-state index contributed by atoms with van der Waals surface area (Å²) < 4.78 is 212. The highest BCUT2D eigenvalue weighted by Crippen LogP contribution is 2.61. The quantitative estimate of drug-likeness (QED) is 0.0253. The van der Waals surface area contributed by atoms with E-state index in [1.54, 1.807) is 21.3 Å². The molecule has 67 heavy (non-hydrogen) atoms. The summed E-state index contributed by atoms with van der Waals surface area (Å²) in [6.45, 7) is 13.7. The molecule has 0 spiro atoms. The third-order valence-electron chi connectivity index (χ3n) is 9.99. The highest BCUT2D eigenvalue weighted by atomic mass is 32.2. The Morgan fingerprint density at radius 3 is 1.66 bits per heavy atom. The molecule has 29 heteroatoms. The van der Waals surface area contributed by atoms with E-state index in [2.05, 4.69) is 38.0 Å². The van der Waals surface area contributed by atoms with Crippen LogP contribution in [0.5, 0.6) is 0 Å². The predicted octanol–water partition coefficient (Wildman–Crippen LogP) is 10.3. The summed E-state index contributed by atoms with van der Waals surface area (Å²) in [7, 11) is -2.10. The second-order valence-electron chi connectivity index (χ2n) is 16.1. The number of carbonyl (C=O) groups excluding carboxylic acids is 3. The van der Waals surface area contributed by atoms with Gasteiger partial charge in [0.2, 0.25) is 0 Å². The second-order valence-corrected chi connectivity index (χ2v) is 23.0. The minimum absolute atomic E-state index is 0.00385. The lowest BCUT2D eigenvalue weighted by molar-refractivity contribution is -0.440. The molecule has 1 saturated carbocycles. The van der Waals surface area contributed by atoms with Gasteiger partial charge in [-0.3, -0.25) is 4.79 Å². The minimum Gasteiger partial charge on any atom is -0.462 e. The van der Waals surface area contributed by atoms with Crippen LogP contribution < -0.4 is 10.6 Å². The van der Waals surface area contributed by atoms with Crippen molar-refractivity contribution < 1.29 is 107 Å². The van der Waals surface area contributed by atoms with Crippen molar-refractivity contribution in [1.82, 2.24) is 10.6 Å². The zero-order chi connectivity index (χ0) is 52.4. The molecule has 0 radical (unpaired) electrons. The second kappa shape index (κ2) is 26.7. The molecule has 1 aliphatic carbocycles. The van der Waals surface area contributed by atoms with E-state index in [0.29, 0.717) is 24.8 Å². The molecular formula is C38H63F13N2O11SSi2. The molecule has 2 unspecified atom stereocenters. The number of alkyl carbamates (subject to hydrolysis) is 1. The van der Waals surface area contributed by atoms with Gasteiger partial charge in [-0.2, -0.15) is 57.1 Å². The van der Waals surface area contributed by atoms with Crippen molar-refractivity contribution in [2.75, 3.05) is 66.7 Å². The van der Waals surface area contributed by atoms with Gasteiger partial charge in [-0.25, -0.2) is 9.59 Å². The van der Waals surface area contributed by atoms with Gasteiger partial charge in [0.25, 0.3) is 5.24 Å². The molecular weight excluding hydrogens is 996 g/mol. The maximum Gasteiger partial charge on any atom is 0.501 e. The van der Waals surface area contributed by atoms with Gasteiger partial charge < -0.3 is 46.7 Å². The number of amides is 2. The first-order valence-corrected chi connectivity index (χ1v) is 25.6. The Morgan fingerprint density at radius 2 is 1.19 bits per heavy atom. The first-order chi connectivity index (χ1) is 30.6. The van der Waals surface area contributed by atoms with E-state index in [9.17, 15) is 71.5 Å². The molecule has 2 N–H and O–H groups in total. The molecule has 2 amide bonds. The summed E-state index contributed by atoms with van der Waals surface area (Å²) in [5.74, 6) is -36.9. The minimum atomic E-state index is -7.92. The van der Waals surface area contributed by atoms with Crippen LogP contribution in [-0.2, 0) is 40.8 Å². The fourth-order valence-corrected chi connectivity index (χ4v) is 12.4. The highest BCUT2D eigenvalue weighted by molar-refractivity contribution is 8.13. The Balaban J connectivity index is 0.00000132. The van der Waals surface area contributed by atoms with Crippen molar-refractivity contribution in [2.45, 2.75) is 134 Å². The standard InChI is InChI=1S/C24H44N2O8SSi.C14H19F13O3Si/c1-8-20(27)33-11-9-12-34-21(28)26-19-15-23(2,3)17-24(4,16-19)18-25-22(29)35-13-10-14-36(30-5,31-6)32-7;1-4-28-31(29-5-2,30-6-3)8-7-9(15,16)10(17,18)11(19,20)12(21,22)13(23,24)14(25,26)27/h8,19H,1,9-18H2,2-7H3,(H,25,29)(H,26,28);4-8H2,1-3H3. The maximum absolute atomic E-state index is 13.9. The number of ether oxygens (including phenoxy) is 2. The average Bonchev–Trinajstić information content (AvgIpc) is 3.21. The summed E-state index contributed by atoms with van der Waals surface area (Å²) in [5.41, 5.74) is -0.171. The lowest BCUT2D eigenvalue weighted by Gasteiger charge is -2.46. The van der Waals surface area contributed by atoms with Crippen LogP contribution in [0.1, 0.15) is 80.1 Å². The number of halogens is 13. The molecule has 0 saturated heterocycles. The number of nitrogens with one attached hydrogen (secondary N) is 2. The van der Waals surface area contributed by atoms with Crippen LogP contribution in [0.15, 0.2) is 12.7 Å². The van der Waals surface area contributed by atoms with E-state index in [1.165, 1.54) is 32.5 Å². The smallest absolute Gasteiger partial charge is 0.462 e. The number of thioether (sulfide) groups is 1. The normalized spacial score (nSPS) is 18.6. The molecule has 396 valence electrons. The van der Waals surface area contributed by atoms with Gasteiger partial charge in [-0.1, -0.05) is 39.1 Å². The van der Waals surface area contributed by atoms with Gasteiger partial charge in [0.1, 0.15) is 0 Å². The van der Waals surface area contributed by atoms with Gasteiger partial charge >= 0.3 is 65.5 Å². The Bertz CT molecular complexity index is 1530. The molecule has 1 rings (SSSR count). The van der Waals surface area contributed by atoms with E-state index in [1.807, 2.05) is 0 Å². The van der Waals surface area contributed by atoms with Crippen molar-refractivity contribution in [2.24, 2.45) is 10.8 Å². The molecule has 0 aromatic carbocycles. The molecule has 0 aromatic heterocycles. The first-order valence-electron chi connectivity index (χ1n) is 20.7. The van der Waals surface area contributed by atoms with Crippen molar-refractivity contribution in [1.29, 1.82) is 0 Å². The Kier molecular flexibility index (Phi) is 25.7. The zero-order valence-corrected chi connectivity index (χ0v) is 41.6. The van der Waals surface area contributed by atoms with Crippen LogP contribution in [0, 0.1) is 10.8 Å². The molecule has 2 atom stereocenters. The Morgan fingerprint density at radius 1 is 0.701 bits per heavy atom. The van der Waals surface area contributed by atoms with Gasteiger partial charge in [0, 0.05) is 90.5 Å². The largest absolute Gasteiger partial charge is 0.501 e. The predicted molar refractivity (Wildman–Crippen MR) is 223 cm³/mol. The van der Waals surface area contributed by atoms with Gasteiger partial charge in [-0.05, 0) is 57.3 Å². The third-order valence-corrected chi connectivity index (χ3v) is 16.8. The zero-order valence-electron chi connectivity index (χ0n) is 38.8. The number of carbonyl (C=O) groups is 3. The average molecular weight is 1060 g/mol. The lowest BCUT2D eigenvalue weighted by Crippen LogP contribution is -2.70. The van der Waals surface area contributed by atoms with E-state index in [0.717, 1.165) is 31.8 Å². The molecule has 1 aliphatic rings. The summed E-state index contributed by atoms with van der Waals surface area (Å²) in [5, 5.41) is 5.95. The molecule has 0 aliphatic heterocycles. The summed E-state index contributed by atoms with van der Waals surface area (Å²) in [6, 6.07) is -0.779. The summed E-state index contributed by atoms with van der Waals surface area (Å²) in [4.78, 5) is 35.8. The lowest BCUT2D eigenvalue weighted by atomic mass is 9.62. The Labute approximate surface area is 388 Å². The van der Waals surface area contributed by atoms with Crippen molar-refractivity contribution in [3.63, 3.8) is 0 Å². The van der Waals surface area contributed by atoms with Crippen LogP contribution in [0.25, 0.3) is 0 Å². The fourth-order valence-electron chi connectivity index (χ4n) is 7.15. The van der Waals surface area contributed by atoms with Crippen molar-refractivity contribution >= 4 is 46.7 Å². The topological polar surface area (TPSA) is 149 Å². The Hall–Kier alpha value is -2.42. The van der Waals surface area contributed by atoms with Crippen LogP contribution in [0.4, 0.5) is 66.7 Å². The van der Waals surface area contributed by atoms with Crippen LogP contribution in [-0.4, -0.2) is 143 Å². The van der Waals surface area contributed by atoms with Crippen LogP contribution in [0.3, 0.4) is 0 Å². The van der Waals surface area contributed by atoms with Crippen molar-refractivity contribution in [3.05, 3.63) is 12.7 Å². The molecule has 0 aromatic rings. The number of rotatable bonds is 28. The summed E-state index contributed by atoms with van der Waals surface area (Å²) in [6.07, 6.45) is -5.60. The highest BCUT2D eigenvalue weighted by Gasteiger charge is 2.90. The fraction of sp³-hybridized carbons (Fsp3) is 0.868. The number of hydrogen-bond donors (Lipinski definition) is 2.